The van der Waals surface area contributed by atoms with E-state index >= 15 is 0 Å². The lowest BCUT2D eigenvalue weighted by Gasteiger charge is -2.25. The molecule has 1 aromatic heterocycles. The highest BCUT2D eigenvalue weighted by Crippen LogP contribution is 2.33. The number of pyridine rings is 1. The Bertz CT molecular complexity index is 617. The zero-order valence-electron chi connectivity index (χ0n) is 13.7. The van der Waals surface area contributed by atoms with E-state index in [2.05, 4.69) is 58.5 Å². The van der Waals surface area contributed by atoms with Gasteiger partial charge < -0.3 is 4.90 Å². The maximum absolute atomic E-state index is 4.75. The molecule has 0 spiro atoms. The lowest BCUT2D eigenvalue weighted by atomic mass is 10.1. The van der Waals surface area contributed by atoms with Gasteiger partial charge >= 0.3 is 0 Å². The molecule has 120 valence electrons. The lowest BCUT2D eigenvalue weighted by molar-refractivity contribution is 0.248. The molecule has 0 aliphatic carbocycles. The Balaban J connectivity index is 1.47. The predicted octanol–water partition coefficient (Wildman–Crippen LogP) is 4.02. The maximum atomic E-state index is 4.75. The highest BCUT2D eigenvalue weighted by atomic mass is 15.2. The second-order valence-corrected chi connectivity index (χ2v) is 6.76. The standard InChI is InChI=1S/C20H25N3/c1-2-7-17(8-3-1)16-23-14-6-9-19(23)18-10-11-20(21-15-18)22-12-4-5-13-22/h1-3,7-8,10-11,15,19H,4-6,9,12-14,16H2. The average molecular weight is 307 g/mol. The minimum absolute atomic E-state index is 0.523. The van der Waals surface area contributed by atoms with Crippen molar-refractivity contribution in [2.75, 3.05) is 24.5 Å². The normalized spacial score (nSPS) is 21.9. The van der Waals surface area contributed by atoms with E-state index in [-0.39, 0.29) is 0 Å². The van der Waals surface area contributed by atoms with Crippen LogP contribution in [0, 0.1) is 0 Å². The van der Waals surface area contributed by atoms with Crippen molar-refractivity contribution in [1.82, 2.24) is 9.88 Å². The van der Waals surface area contributed by atoms with E-state index < -0.39 is 0 Å². The molecule has 0 radical (unpaired) electrons. The number of likely N-dealkylation sites (tertiary alicyclic amines) is 1. The fraction of sp³-hybridized carbons (Fsp3) is 0.450. The fourth-order valence-corrected chi connectivity index (χ4v) is 3.94. The SMILES string of the molecule is c1ccc(CN2CCCC2c2ccc(N3CCCC3)nc2)cc1. The van der Waals surface area contributed by atoms with Gasteiger partial charge in [-0.2, -0.15) is 0 Å². The van der Waals surface area contributed by atoms with Gasteiger partial charge in [-0.15, -0.1) is 0 Å². The molecule has 2 aliphatic heterocycles. The quantitative estimate of drug-likeness (QED) is 0.850. The third kappa shape index (κ3) is 3.25. The molecule has 4 rings (SSSR count). The summed E-state index contributed by atoms with van der Waals surface area (Å²) in [5.41, 5.74) is 2.78. The fourth-order valence-electron chi connectivity index (χ4n) is 3.94. The van der Waals surface area contributed by atoms with Crippen LogP contribution in [-0.4, -0.2) is 29.5 Å². The van der Waals surface area contributed by atoms with Crippen LogP contribution in [0.4, 0.5) is 5.82 Å². The molecule has 0 N–H and O–H groups in total. The van der Waals surface area contributed by atoms with E-state index in [0.29, 0.717) is 6.04 Å². The van der Waals surface area contributed by atoms with Gasteiger partial charge in [0, 0.05) is 31.9 Å². The van der Waals surface area contributed by atoms with Crippen molar-refractivity contribution < 1.29 is 0 Å². The molecule has 0 amide bonds. The van der Waals surface area contributed by atoms with Crippen LogP contribution in [-0.2, 0) is 6.54 Å². The largest absolute Gasteiger partial charge is 0.357 e. The second kappa shape index (κ2) is 6.71. The van der Waals surface area contributed by atoms with Gasteiger partial charge in [0.05, 0.1) is 0 Å². The molecule has 0 saturated carbocycles. The van der Waals surface area contributed by atoms with Gasteiger partial charge in [0.15, 0.2) is 0 Å². The van der Waals surface area contributed by atoms with Gasteiger partial charge in [0.25, 0.3) is 0 Å². The monoisotopic (exact) mass is 307 g/mol. The van der Waals surface area contributed by atoms with Gasteiger partial charge in [0.1, 0.15) is 5.82 Å². The predicted molar refractivity (Wildman–Crippen MR) is 94.5 cm³/mol. The topological polar surface area (TPSA) is 19.4 Å². The first-order valence-corrected chi connectivity index (χ1v) is 8.89. The minimum atomic E-state index is 0.523. The first kappa shape index (κ1) is 14.7. The molecule has 3 heterocycles. The van der Waals surface area contributed by atoms with Crippen LogP contribution in [0.5, 0.6) is 0 Å². The van der Waals surface area contributed by atoms with Crippen molar-refractivity contribution in [3.05, 3.63) is 59.8 Å². The van der Waals surface area contributed by atoms with Gasteiger partial charge in [0.2, 0.25) is 0 Å². The van der Waals surface area contributed by atoms with E-state index in [1.807, 2.05) is 0 Å². The van der Waals surface area contributed by atoms with Gasteiger partial charge in [-0.05, 0) is 49.4 Å². The summed E-state index contributed by atoms with van der Waals surface area (Å²) in [4.78, 5) is 9.75. The highest BCUT2D eigenvalue weighted by molar-refractivity contribution is 5.40. The van der Waals surface area contributed by atoms with Crippen LogP contribution in [0.3, 0.4) is 0 Å². The van der Waals surface area contributed by atoms with Crippen LogP contribution in [0.2, 0.25) is 0 Å². The molecule has 1 atom stereocenters. The van der Waals surface area contributed by atoms with Crippen LogP contribution in [0.25, 0.3) is 0 Å². The maximum Gasteiger partial charge on any atom is 0.128 e. The summed E-state index contributed by atoms with van der Waals surface area (Å²) >= 11 is 0. The molecule has 2 saturated heterocycles. The van der Waals surface area contributed by atoms with Gasteiger partial charge in [-0.25, -0.2) is 4.98 Å². The highest BCUT2D eigenvalue weighted by Gasteiger charge is 2.26. The Morgan fingerprint density at radius 2 is 1.74 bits per heavy atom. The first-order chi connectivity index (χ1) is 11.4. The summed E-state index contributed by atoms with van der Waals surface area (Å²) in [5.74, 6) is 1.15. The number of anilines is 1. The Morgan fingerprint density at radius 3 is 2.48 bits per heavy atom. The summed E-state index contributed by atoms with van der Waals surface area (Å²) in [7, 11) is 0. The van der Waals surface area contributed by atoms with Gasteiger partial charge in [-0.1, -0.05) is 36.4 Å². The minimum Gasteiger partial charge on any atom is -0.357 e. The van der Waals surface area contributed by atoms with Crippen molar-refractivity contribution in [3.8, 4) is 0 Å². The number of hydrogen-bond acceptors (Lipinski definition) is 3. The smallest absolute Gasteiger partial charge is 0.128 e. The molecule has 3 nitrogen and oxygen atoms in total. The number of rotatable bonds is 4. The number of hydrogen-bond donors (Lipinski definition) is 0. The molecule has 0 bridgehead atoms. The van der Waals surface area contributed by atoms with Crippen LogP contribution in [0.1, 0.15) is 42.9 Å². The van der Waals surface area contributed by atoms with E-state index in [0.717, 1.165) is 25.5 Å². The van der Waals surface area contributed by atoms with E-state index in [4.69, 9.17) is 4.98 Å². The Kier molecular flexibility index (Phi) is 4.29. The Morgan fingerprint density at radius 1 is 0.913 bits per heavy atom. The van der Waals surface area contributed by atoms with Crippen molar-refractivity contribution in [1.29, 1.82) is 0 Å². The molecule has 1 aromatic carbocycles. The van der Waals surface area contributed by atoms with Gasteiger partial charge in [-0.3, -0.25) is 4.90 Å². The second-order valence-electron chi connectivity index (χ2n) is 6.76. The third-order valence-corrected chi connectivity index (χ3v) is 5.18. The number of aromatic nitrogens is 1. The van der Waals surface area contributed by atoms with Crippen molar-refractivity contribution in [3.63, 3.8) is 0 Å². The Labute approximate surface area is 139 Å². The molecule has 3 heteroatoms. The molecule has 23 heavy (non-hydrogen) atoms. The van der Waals surface area contributed by atoms with Crippen LogP contribution >= 0.6 is 0 Å². The molecule has 2 fully saturated rings. The zero-order valence-corrected chi connectivity index (χ0v) is 13.7. The van der Waals surface area contributed by atoms with E-state index in [1.165, 1.54) is 43.4 Å². The molecule has 2 aliphatic rings. The van der Waals surface area contributed by atoms with Crippen LogP contribution < -0.4 is 4.90 Å². The summed E-state index contributed by atoms with van der Waals surface area (Å²) in [5, 5.41) is 0. The summed E-state index contributed by atoms with van der Waals surface area (Å²) in [6.07, 6.45) is 7.25. The van der Waals surface area contributed by atoms with E-state index in [9.17, 15) is 0 Å². The van der Waals surface area contributed by atoms with Crippen LogP contribution in [0.15, 0.2) is 48.7 Å². The van der Waals surface area contributed by atoms with Crippen molar-refractivity contribution >= 4 is 5.82 Å². The zero-order chi connectivity index (χ0) is 15.5. The lowest BCUT2D eigenvalue weighted by Crippen LogP contribution is -2.23. The molecular formula is C20H25N3. The summed E-state index contributed by atoms with van der Waals surface area (Å²) in [6, 6.07) is 15.9. The summed E-state index contributed by atoms with van der Waals surface area (Å²) in [6.45, 7) is 4.55. The number of nitrogens with zero attached hydrogens (tertiary/aromatic N) is 3. The average Bonchev–Trinajstić information content (AvgIpc) is 3.28. The molecular weight excluding hydrogens is 282 g/mol. The molecule has 2 aromatic rings. The third-order valence-electron chi connectivity index (χ3n) is 5.18. The number of benzene rings is 1. The summed E-state index contributed by atoms with van der Waals surface area (Å²) < 4.78 is 0. The Hall–Kier alpha value is -1.87. The van der Waals surface area contributed by atoms with Crippen molar-refractivity contribution in [2.24, 2.45) is 0 Å². The van der Waals surface area contributed by atoms with E-state index in [1.54, 1.807) is 0 Å². The first-order valence-electron chi connectivity index (χ1n) is 8.89. The van der Waals surface area contributed by atoms with Crippen molar-refractivity contribution in [2.45, 2.75) is 38.3 Å². The molecule has 1 unspecified atom stereocenters.